The molecule has 0 aliphatic heterocycles. The molecule has 0 radical (unpaired) electrons. The Balaban J connectivity index is 1.70. The van der Waals surface area contributed by atoms with E-state index in [0.29, 0.717) is 5.01 Å². The summed E-state index contributed by atoms with van der Waals surface area (Å²) in [6, 6.07) is 8.39. The highest BCUT2D eigenvalue weighted by molar-refractivity contribution is 7.17. The number of aromatic nitrogens is 2. The van der Waals surface area contributed by atoms with Crippen LogP contribution < -0.4 is 5.32 Å². The van der Waals surface area contributed by atoms with Crippen molar-refractivity contribution in [2.24, 2.45) is 0 Å². The Morgan fingerprint density at radius 1 is 1.20 bits per heavy atom. The van der Waals surface area contributed by atoms with Crippen LogP contribution in [0, 0.1) is 13.8 Å². The lowest BCUT2D eigenvalue weighted by Gasteiger charge is -2.07. The van der Waals surface area contributed by atoms with E-state index in [0.717, 1.165) is 41.1 Å². The van der Waals surface area contributed by atoms with Crippen LogP contribution in [0.3, 0.4) is 0 Å². The van der Waals surface area contributed by atoms with E-state index in [1.165, 1.54) is 28.0 Å². The number of aryl methyl sites for hydroxylation is 4. The van der Waals surface area contributed by atoms with Gasteiger partial charge in [-0.3, -0.25) is 9.78 Å². The maximum Gasteiger partial charge on any atom is 0.284 e. The molecule has 1 N–H and O–H groups in total. The first-order chi connectivity index (χ1) is 12.1. The van der Waals surface area contributed by atoms with E-state index in [1.807, 2.05) is 13.0 Å². The van der Waals surface area contributed by atoms with Crippen molar-refractivity contribution in [3.05, 3.63) is 64.1 Å². The van der Waals surface area contributed by atoms with Crippen molar-refractivity contribution in [2.45, 2.75) is 33.1 Å². The number of pyridine rings is 1. The van der Waals surface area contributed by atoms with Crippen LogP contribution >= 0.6 is 11.3 Å². The molecular formula is C20H19N3OS. The molecule has 0 bridgehead atoms. The number of carbonyl (C=O) groups excluding carboxylic acids is 1. The lowest BCUT2D eigenvalue weighted by Crippen LogP contribution is -2.12. The zero-order valence-corrected chi connectivity index (χ0v) is 15.1. The molecule has 1 aromatic carbocycles. The van der Waals surface area contributed by atoms with Gasteiger partial charge in [-0.05, 0) is 55.9 Å². The van der Waals surface area contributed by atoms with Gasteiger partial charge in [0.05, 0.1) is 10.6 Å². The van der Waals surface area contributed by atoms with Gasteiger partial charge in [0.25, 0.3) is 5.91 Å². The topological polar surface area (TPSA) is 54.9 Å². The second kappa shape index (κ2) is 6.41. The van der Waals surface area contributed by atoms with Crippen LogP contribution in [-0.4, -0.2) is 15.9 Å². The molecule has 0 atom stereocenters. The second-order valence-corrected chi connectivity index (χ2v) is 7.45. The van der Waals surface area contributed by atoms with Gasteiger partial charge in [0.15, 0.2) is 5.01 Å². The standard InChI is InChI=1S/C20H19N3OS/c1-12-6-7-14-4-3-5-17-18(15(14)10-12)25-20(23-17)19(24)22-16-8-9-21-11-13(16)2/h6-11H,3-5H2,1-2H3,(H,21,22,24). The predicted octanol–water partition coefficient (Wildman–Crippen LogP) is 4.56. The van der Waals surface area contributed by atoms with Crippen LogP contribution in [0.2, 0.25) is 0 Å². The Hall–Kier alpha value is -2.53. The molecule has 25 heavy (non-hydrogen) atoms. The first kappa shape index (κ1) is 16.0. The van der Waals surface area contributed by atoms with Crippen LogP contribution in [0.15, 0.2) is 36.7 Å². The van der Waals surface area contributed by atoms with E-state index in [-0.39, 0.29) is 5.91 Å². The molecular weight excluding hydrogens is 330 g/mol. The third-order valence-electron chi connectivity index (χ3n) is 4.53. The van der Waals surface area contributed by atoms with E-state index in [2.05, 4.69) is 40.4 Å². The Morgan fingerprint density at radius 2 is 2.08 bits per heavy atom. The summed E-state index contributed by atoms with van der Waals surface area (Å²) < 4.78 is 0. The van der Waals surface area contributed by atoms with Gasteiger partial charge in [-0.1, -0.05) is 23.8 Å². The van der Waals surface area contributed by atoms with E-state index < -0.39 is 0 Å². The molecule has 0 saturated heterocycles. The molecule has 3 aromatic rings. The first-order valence-electron chi connectivity index (χ1n) is 8.43. The molecule has 5 heteroatoms. The molecule has 0 spiro atoms. The molecule has 1 aliphatic rings. The average molecular weight is 349 g/mol. The molecule has 1 amide bonds. The monoisotopic (exact) mass is 349 g/mol. The van der Waals surface area contributed by atoms with Crippen molar-refractivity contribution in [1.82, 2.24) is 9.97 Å². The number of amides is 1. The minimum atomic E-state index is -0.151. The van der Waals surface area contributed by atoms with Gasteiger partial charge in [0, 0.05) is 18.1 Å². The molecule has 0 unspecified atom stereocenters. The minimum absolute atomic E-state index is 0.151. The van der Waals surface area contributed by atoms with Crippen molar-refractivity contribution < 1.29 is 4.79 Å². The number of nitrogens with zero attached hydrogens (tertiary/aromatic N) is 2. The highest BCUT2D eigenvalue weighted by atomic mass is 32.1. The number of nitrogens with one attached hydrogen (secondary N) is 1. The summed E-state index contributed by atoms with van der Waals surface area (Å²) in [6.45, 7) is 4.03. The summed E-state index contributed by atoms with van der Waals surface area (Å²) in [5.41, 5.74) is 6.59. The molecule has 0 fully saturated rings. The predicted molar refractivity (Wildman–Crippen MR) is 101 cm³/mol. The number of hydrogen-bond acceptors (Lipinski definition) is 4. The fourth-order valence-corrected chi connectivity index (χ4v) is 4.24. The summed E-state index contributed by atoms with van der Waals surface area (Å²) in [6.07, 6.45) is 6.47. The molecule has 2 aromatic heterocycles. The number of rotatable bonds is 2. The summed E-state index contributed by atoms with van der Waals surface area (Å²) in [5.74, 6) is -0.151. The Kier molecular flexibility index (Phi) is 4.09. The van der Waals surface area contributed by atoms with Gasteiger partial charge in [0.1, 0.15) is 0 Å². The summed E-state index contributed by atoms with van der Waals surface area (Å²) >= 11 is 1.49. The highest BCUT2D eigenvalue weighted by Crippen LogP contribution is 2.37. The smallest absolute Gasteiger partial charge is 0.284 e. The number of thiazole rings is 1. The number of benzene rings is 1. The Morgan fingerprint density at radius 3 is 2.92 bits per heavy atom. The van der Waals surface area contributed by atoms with E-state index in [1.54, 1.807) is 12.4 Å². The Bertz CT molecular complexity index is 961. The fourth-order valence-electron chi connectivity index (χ4n) is 3.18. The largest absolute Gasteiger partial charge is 0.320 e. The third-order valence-corrected chi connectivity index (χ3v) is 5.66. The molecule has 0 saturated carbocycles. The number of fused-ring (bicyclic) bond motifs is 3. The summed E-state index contributed by atoms with van der Waals surface area (Å²) in [4.78, 5) is 22.5. The van der Waals surface area contributed by atoms with E-state index >= 15 is 0 Å². The van der Waals surface area contributed by atoms with Crippen LogP contribution in [0.5, 0.6) is 0 Å². The zero-order valence-electron chi connectivity index (χ0n) is 14.3. The molecule has 4 nitrogen and oxygen atoms in total. The van der Waals surface area contributed by atoms with Crippen molar-refractivity contribution >= 4 is 22.9 Å². The second-order valence-electron chi connectivity index (χ2n) is 6.45. The van der Waals surface area contributed by atoms with Gasteiger partial charge in [-0.2, -0.15) is 0 Å². The SMILES string of the molecule is Cc1ccc2c(c1)-c1sc(C(=O)Nc3ccncc3C)nc1CCC2. The van der Waals surface area contributed by atoms with Crippen LogP contribution in [0.25, 0.3) is 10.4 Å². The molecule has 126 valence electrons. The summed E-state index contributed by atoms with van der Waals surface area (Å²) in [5, 5.41) is 3.48. The number of anilines is 1. The van der Waals surface area contributed by atoms with Crippen molar-refractivity contribution in [3.63, 3.8) is 0 Å². The van der Waals surface area contributed by atoms with Gasteiger partial charge in [0.2, 0.25) is 0 Å². The Labute approximate surface area is 151 Å². The van der Waals surface area contributed by atoms with Crippen LogP contribution in [0.1, 0.15) is 38.6 Å². The fraction of sp³-hybridized carbons (Fsp3) is 0.250. The van der Waals surface area contributed by atoms with Gasteiger partial charge in [-0.15, -0.1) is 11.3 Å². The van der Waals surface area contributed by atoms with Gasteiger partial charge < -0.3 is 5.32 Å². The molecule has 1 aliphatic carbocycles. The van der Waals surface area contributed by atoms with Crippen molar-refractivity contribution in [3.8, 4) is 10.4 Å². The maximum absolute atomic E-state index is 12.7. The van der Waals surface area contributed by atoms with Crippen LogP contribution in [-0.2, 0) is 12.8 Å². The highest BCUT2D eigenvalue weighted by Gasteiger charge is 2.22. The lowest BCUT2D eigenvalue weighted by molar-refractivity contribution is 0.102. The van der Waals surface area contributed by atoms with E-state index in [4.69, 9.17) is 0 Å². The quantitative estimate of drug-likeness (QED) is 0.738. The molecule has 4 rings (SSSR count). The number of carbonyl (C=O) groups is 1. The lowest BCUT2D eigenvalue weighted by atomic mass is 10.0. The van der Waals surface area contributed by atoms with Gasteiger partial charge in [-0.25, -0.2) is 4.98 Å². The van der Waals surface area contributed by atoms with Crippen molar-refractivity contribution in [1.29, 1.82) is 0 Å². The van der Waals surface area contributed by atoms with E-state index in [9.17, 15) is 4.79 Å². The van der Waals surface area contributed by atoms with Crippen LogP contribution in [0.4, 0.5) is 5.69 Å². The normalized spacial score (nSPS) is 12.9. The zero-order chi connectivity index (χ0) is 17.4. The number of hydrogen-bond donors (Lipinski definition) is 1. The van der Waals surface area contributed by atoms with Crippen molar-refractivity contribution in [2.75, 3.05) is 5.32 Å². The minimum Gasteiger partial charge on any atom is -0.320 e. The maximum atomic E-state index is 12.7. The first-order valence-corrected chi connectivity index (χ1v) is 9.25. The average Bonchev–Trinajstić information content (AvgIpc) is 2.95. The third kappa shape index (κ3) is 3.07. The molecule has 2 heterocycles. The summed E-state index contributed by atoms with van der Waals surface area (Å²) in [7, 11) is 0. The van der Waals surface area contributed by atoms with Gasteiger partial charge >= 0.3 is 0 Å².